The molecule has 0 unspecified atom stereocenters. The molecule has 0 atom stereocenters. The maximum atomic E-state index is 2.56. The normalized spacial score (nSPS) is 14.6. The molecule has 0 radical (unpaired) electrons. The quantitative estimate of drug-likeness (QED) is 0.325. The van der Waals surface area contributed by atoms with Crippen LogP contribution in [0.3, 0.4) is 0 Å². The summed E-state index contributed by atoms with van der Waals surface area (Å²) < 4.78 is 2.65. The molecule has 0 aliphatic heterocycles. The molecule has 0 spiro atoms. The second-order valence-electron chi connectivity index (χ2n) is 9.16. The molecule has 0 nitrogen and oxygen atoms in total. The van der Waals surface area contributed by atoms with Crippen molar-refractivity contribution in [3.8, 4) is 11.1 Å². The number of hydrogen-bond acceptors (Lipinski definition) is 0. The molecule has 0 saturated heterocycles. The van der Waals surface area contributed by atoms with E-state index in [1.807, 2.05) is 3.28 Å². The van der Waals surface area contributed by atoms with Crippen molar-refractivity contribution in [2.75, 3.05) is 0 Å². The fourth-order valence-electron chi connectivity index (χ4n) is 5.25. The monoisotopic (exact) mass is 490 g/mol. The molecule has 0 bridgehead atoms. The van der Waals surface area contributed by atoms with Gasteiger partial charge in [0, 0.05) is 0 Å². The second-order valence-corrected chi connectivity index (χ2v) is 24.8. The molecule has 0 saturated carbocycles. The van der Waals surface area contributed by atoms with Crippen LogP contribution in [0.5, 0.6) is 0 Å². The number of hydrogen-bond donors (Lipinski definition) is 0. The van der Waals surface area contributed by atoms with Crippen molar-refractivity contribution in [3.63, 3.8) is 0 Å². The molecule has 4 rings (SSSR count). The van der Waals surface area contributed by atoms with Crippen LogP contribution in [0.2, 0.25) is 12.1 Å². The Morgan fingerprint density at radius 3 is 1.90 bits per heavy atom. The van der Waals surface area contributed by atoms with Gasteiger partial charge < -0.3 is 0 Å². The van der Waals surface area contributed by atoms with Gasteiger partial charge >= 0.3 is 193 Å². The molecule has 2 aliphatic rings. The van der Waals surface area contributed by atoms with Crippen LogP contribution in [0.15, 0.2) is 57.9 Å². The summed E-state index contributed by atoms with van der Waals surface area (Å²) in [6.45, 7) is 9.33. The van der Waals surface area contributed by atoms with Crippen LogP contribution in [-0.4, -0.2) is 5.43 Å². The standard InChI is InChI=1S/C15H13.C8H18Si.C5H5.Zr/c1-10-3-5-14-12(7-10)9-13-8-11(2)4-6-15(13)14;1-3-5-7-9-8-6-4-2;1-2-4-5-3-1;/h3-9H,1-2H3;3-8H2,1-2H3;1-3H,4H2;. The van der Waals surface area contributed by atoms with Crippen molar-refractivity contribution in [3.05, 3.63) is 80.2 Å². The number of benzene rings is 2. The topological polar surface area (TPSA) is 0 Å². The Hall–Kier alpha value is -0.980. The zero-order chi connectivity index (χ0) is 21.1. The minimum absolute atomic E-state index is 0.294. The predicted molar refractivity (Wildman–Crippen MR) is 130 cm³/mol. The van der Waals surface area contributed by atoms with Crippen LogP contribution in [-0.2, 0) is 20.4 Å². The molecule has 0 aromatic heterocycles. The van der Waals surface area contributed by atoms with E-state index in [9.17, 15) is 0 Å². The van der Waals surface area contributed by atoms with Crippen LogP contribution >= 0.6 is 0 Å². The number of allylic oxidation sites excluding steroid dienone is 4. The zero-order valence-electron chi connectivity index (χ0n) is 19.2. The van der Waals surface area contributed by atoms with E-state index in [4.69, 9.17) is 0 Å². The van der Waals surface area contributed by atoms with Gasteiger partial charge in [-0.1, -0.05) is 0 Å². The van der Waals surface area contributed by atoms with Gasteiger partial charge in [-0.05, 0) is 0 Å². The average molecular weight is 492 g/mol. The summed E-state index contributed by atoms with van der Waals surface area (Å²) in [6, 6.07) is 17.7. The van der Waals surface area contributed by atoms with E-state index < -0.39 is 20.4 Å². The molecule has 30 heavy (non-hydrogen) atoms. The summed E-state index contributed by atoms with van der Waals surface area (Å²) >= 11 is -1.90. The molecule has 0 fully saturated rings. The Kier molecular flexibility index (Phi) is 7.48. The zero-order valence-corrected chi connectivity index (χ0v) is 22.7. The van der Waals surface area contributed by atoms with Crippen molar-refractivity contribution in [2.24, 2.45) is 0 Å². The minimum atomic E-state index is -1.90. The van der Waals surface area contributed by atoms with E-state index in [0.29, 0.717) is 0 Å². The van der Waals surface area contributed by atoms with Crippen LogP contribution in [0.25, 0.3) is 11.1 Å². The van der Waals surface area contributed by atoms with E-state index in [1.165, 1.54) is 54.4 Å². The summed E-state index contributed by atoms with van der Waals surface area (Å²) in [5, 5.41) is 0. The first-order valence-corrected chi connectivity index (χ1v) is 20.2. The van der Waals surface area contributed by atoms with Crippen LogP contribution in [0, 0.1) is 13.8 Å². The van der Waals surface area contributed by atoms with E-state index in [-0.39, 0.29) is 5.43 Å². The number of rotatable bonds is 8. The average Bonchev–Trinajstić information content (AvgIpc) is 3.36. The van der Waals surface area contributed by atoms with Gasteiger partial charge in [0.15, 0.2) is 0 Å². The van der Waals surface area contributed by atoms with Crippen molar-refractivity contribution >= 4 is 5.43 Å². The Labute approximate surface area is 191 Å². The molecular formula is C28H36SiZr. The molecule has 2 heteroatoms. The van der Waals surface area contributed by atoms with Gasteiger partial charge in [-0.15, -0.1) is 0 Å². The summed E-state index contributed by atoms with van der Waals surface area (Å²) in [4.78, 5) is 0. The third-order valence-corrected chi connectivity index (χ3v) is 27.9. The van der Waals surface area contributed by atoms with E-state index in [0.717, 1.165) is 3.63 Å². The Bertz CT molecular complexity index is 963. The fraction of sp³-hybridized carbons (Fsp3) is 0.429. The van der Waals surface area contributed by atoms with E-state index in [1.54, 1.807) is 23.2 Å². The van der Waals surface area contributed by atoms with Gasteiger partial charge in [-0.25, -0.2) is 0 Å². The molecule has 0 heterocycles. The SMILES string of the molecule is CCCC[Si](CCCC)=[Zr]([C]1=CC=CC1)[CH]1c2cc(C)ccc2-c2ccc(C)cc21. The molecule has 2 aromatic carbocycles. The van der Waals surface area contributed by atoms with Crippen molar-refractivity contribution in [2.45, 2.75) is 75.5 Å². The van der Waals surface area contributed by atoms with Crippen LogP contribution in [0.1, 0.15) is 71.8 Å². The predicted octanol–water partition coefficient (Wildman–Crippen LogP) is 8.43. The molecule has 2 aromatic rings. The van der Waals surface area contributed by atoms with E-state index in [2.05, 4.69) is 82.3 Å². The first-order chi connectivity index (χ1) is 14.6. The fourth-order valence-corrected chi connectivity index (χ4v) is 29.5. The molecular weight excluding hydrogens is 456 g/mol. The molecule has 2 aliphatic carbocycles. The first kappa shape index (κ1) is 22.2. The summed E-state index contributed by atoms with van der Waals surface area (Å²) in [6.07, 6.45) is 14.2. The Balaban J connectivity index is 1.95. The van der Waals surface area contributed by atoms with Gasteiger partial charge in [0.05, 0.1) is 0 Å². The number of aryl methyl sites for hydroxylation is 2. The van der Waals surface area contributed by atoms with E-state index >= 15 is 0 Å². The van der Waals surface area contributed by atoms with Crippen molar-refractivity contribution in [1.29, 1.82) is 0 Å². The number of fused-ring (bicyclic) bond motifs is 3. The van der Waals surface area contributed by atoms with Crippen molar-refractivity contribution < 1.29 is 20.4 Å². The van der Waals surface area contributed by atoms with Gasteiger partial charge in [-0.2, -0.15) is 0 Å². The van der Waals surface area contributed by atoms with Gasteiger partial charge in [0.1, 0.15) is 0 Å². The Morgan fingerprint density at radius 2 is 1.43 bits per heavy atom. The second kappa shape index (κ2) is 10.1. The number of unbranched alkanes of at least 4 members (excludes halogenated alkanes) is 2. The van der Waals surface area contributed by atoms with Crippen LogP contribution in [0.4, 0.5) is 0 Å². The van der Waals surface area contributed by atoms with Gasteiger partial charge in [-0.3, -0.25) is 0 Å². The molecule has 0 N–H and O–H groups in total. The van der Waals surface area contributed by atoms with Gasteiger partial charge in [0.25, 0.3) is 0 Å². The van der Waals surface area contributed by atoms with Gasteiger partial charge in [0.2, 0.25) is 0 Å². The summed E-state index contributed by atoms with van der Waals surface area (Å²) in [5.41, 5.74) is 9.02. The Morgan fingerprint density at radius 1 is 0.867 bits per heavy atom. The van der Waals surface area contributed by atoms with Crippen molar-refractivity contribution in [1.82, 2.24) is 0 Å². The summed E-state index contributed by atoms with van der Waals surface area (Å²) in [7, 11) is 0. The molecule has 156 valence electrons. The third-order valence-electron chi connectivity index (χ3n) is 6.78. The van der Waals surface area contributed by atoms with Crippen LogP contribution < -0.4 is 0 Å². The third kappa shape index (κ3) is 4.46. The maximum absolute atomic E-state index is 2.56. The molecule has 0 amide bonds. The first-order valence-electron chi connectivity index (χ1n) is 11.9. The summed E-state index contributed by atoms with van der Waals surface area (Å²) in [5.74, 6) is 0.